The lowest BCUT2D eigenvalue weighted by Crippen LogP contribution is -2.21. The van der Waals surface area contributed by atoms with Gasteiger partial charge in [0.2, 0.25) is 6.41 Å². The fourth-order valence-corrected chi connectivity index (χ4v) is 4.40. The largest absolute Gasteiger partial charge is 0.458 e. The summed E-state index contributed by atoms with van der Waals surface area (Å²) in [5.74, 6) is 1.40. The van der Waals surface area contributed by atoms with Crippen molar-refractivity contribution in [3.05, 3.63) is 70.2 Å². The predicted octanol–water partition coefficient (Wildman–Crippen LogP) is 3.33. The van der Waals surface area contributed by atoms with E-state index in [2.05, 4.69) is 24.1 Å². The average Bonchev–Trinajstić information content (AvgIpc) is 3.35. The van der Waals surface area contributed by atoms with Crippen molar-refractivity contribution < 1.29 is 14.0 Å². The molecule has 5 heteroatoms. The normalized spacial score (nSPS) is 23.7. The van der Waals surface area contributed by atoms with E-state index in [1.807, 2.05) is 6.07 Å². The van der Waals surface area contributed by atoms with Crippen molar-refractivity contribution >= 4 is 18.3 Å². The van der Waals surface area contributed by atoms with Crippen LogP contribution in [0.1, 0.15) is 47.0 Å². The van der Waals surface area contributed by atoms with Gasteiger partial charge in [-0.1, -0.05) is 24.6 Å². The minimum absolute atomic E-state index is 0.0269. The van der Waals surface area contributed by atoms with Crippen LogP contribution in [0.4, 0.5) is 0 Å². The zero-order chi connectivity index (χ0) is 17.1. The molecule has 25 heavy (non-hydrogen) atoms. The van der Waals surface area contributed by atoms with Crippen molar-refractivity contribution in [2.75, 3.05) is 0 Å². The highest BCUT2D eigenvalue weighted by Gasteiger charge is 2.39. The molecule has 2 unspecified atom stereocenters. The first-order chi connectivity index (χ1) is 12.2. The van der Waals surface area contributed by atoms with E-state index in [1.54, 1.807) is 17.0 Å². The molecule has 0 aliphatic heterocycles. The first kappa shape index (κ1) is 14.4. The Balaban J connectivity index is 1.73. The molecule has 3 aliphatic rings. The first-order valence-electron chi connectivity index (χ1n) is 8.42. The van der Waals surface area contributed by atoms with Crippen LogP contribution in [0.15, 0.2) is 51.7 Å². The summed E-state index contributed by atoms with van der Waals surface area (Å²) in [6, 6.07) is 3.57. The van der Waals surface area contributed by atoms with Crippen molar-refractivity contribution in [1.29, 1.82) is 0 Å². The van der Waals surface area contributed by atoms with Crippen molar-refractivity contribution in [3.63, 3.8) is 0 Å². The van der Waals surface area contributed by atoms with Gasteiger partial charge in [0.15, 0.2) is 12.0 Å². The third kappa shape index (κ3) is 1.86. The van der Waals surface area contributed by atoms with Crippen LogP contribution in [0.3, 0.4) is 0 Å². The maximum absolute atomic E-state index is 11.5. The number of nitrogens with zero attached hydrogens (tertiary/aromatic N) is 2. The summed E-state index contributed by atoms with van der Waals surface area (Å²) >= 11 is 0. The Bertz CT molecular complexity index is 1020. The monoisotopic (exact) mass is 332 g/mol. The molecule has 3 aliphatic carbocycles. The minimum atomic E-state index is 0.0269. The molecule has 0 radical (unpaired) electrons. The standard InChI is InChI=1S/C20H16N2O3/c1-11-14-4-2-12-6-17-20(22(10-24)9-21-17)16(19(12)14)7-15(11)18-5-3-13(8-23)25-18/h3-5,7-11,15H,2,6H2,1H3. The van der Waals surface area contributed by atoms with Gasteiger partial charge in [-0.15, -0.1) is 0 Å². The molecule has 0 bridgehead atoms. The second-order valence-electron chi connectivity index (χ2n) is 6.82. The molecule has 0 aromatic carbocycles. The molecule has 5 nitrogen and oxygen atoms in total. The Hall–Kier alpha value is -2.95. The lowest BCUT2D eigenvalue weighted by molar-refractivity contribution is 0.109. The van der Waals surface area contributed by atoms with Gasteiger partial charge in [0, 0.05) is 17.9 Å². The summed E-state index contributed by atoms with van der Waals surface area (Å²) in [7, 11) is 0. The van der Waals surface area contributed by atoms with E-state index in [0.29, 0.717) is 5.76 Å². The summed E-state index contributed by atoms with van der Waals surface area (Å²) in [5.41, 5.74) is 6.88. The number of carbonyl (C=O) groups excluding carboxylic acids is 2. The number of imidazole rings is 1. The zero-order valence-electron chi connectivity index (χ0n) is 13.7. The molecule has 124 valence electrons. The fraction of sp³-hybridized carbons (Fsp3) is 0.250. The molecule has 0 N–H and O–H groups in total. The molecule has 0 fully saturated rings. The molecule has 2 heterocycles. The topological polar surface area (TPSA) is 65.1 Å². The van der Waals surface area contributed by atoms with E-state index < -0.39 is 0 Å². The van der Waals surface area contributed by atoms with E-state index >= 15 is 0 Å². The Morgan fingerprint density at radius 3 is 2.96 bits per heavy atom. The van der Waals surface area contributed by atoms with Crippen molar-refractivity contribution in [1.82, 2.24) is 9.55 Å². The van der Waals surface area contributed by atoms with Gasteiger partial charge in [-0.05, 0) is 35.6 Å². The second kappa shape index (κ2) is 5.02. The lowest BCUT2D eigenvalue weighted by atomic mass is 9.72. The third-order valence-corrected chi connectivity index (χ3v) is 5.57. The highest BCUT2D eigenvalue weighted by molar-refractivity contribution is 5.91. The number of furan rings is 1. The number of hydrogen-bond acceptors (Lipinski definition) is 4. The van der Waals surface area contributed by atoms with E-state index in [9.17, 15) is 9.59 Å². The summed E-state index contributed by atoms with van der Waals surface area (Å²) in [6.45, 7) is 2.19. The minimum Gasteiger partial charge on any atom is -0.458 e. The van der Waals surface area contributed by atoms with Crippen LogP contribution in [-0.2, 0) is 11.2 Å². The molecule has 5 rings (SSSR count). The van der Waals surface area contributed by atoms with E-state index in [1.165, 1.54) is 16.7 Å². The number of rotatable bonds is 3. The number of aldehydes is 1. The predicted molar refractivity (Wildman–Crippen MR) is 91.8 cm³/mol. The Labute approximate surface area is 144 Å². The molecule has 0 amide bonds. The van der Waals surface area contributed by atoms with Gasteiger partial charge < -0.3 is 4.42 Å². The molecule has 2 aromatic heterocycles. The number of aromatic nitrogens is 2. The Morgan fingerprint density at radius 2 is 2.20 bits per heavy atom. The lowest BCUT2D eigenvalue weighted by Gasteiger charge is -2.33. The quantitative estimate of drug-likeness (QED) is 0.809. The highest BCUT2D eigenvalue weighted by atomic mass is 16.3. The smallest absolute Gasteiger partial charge is 0.219 e. The first-order valence-corrected chi connectivity index (χ1v) is 8.42. The molecule has 0 saturated heterocycles. The molecular weight excluding hydrogens is 316 g/mol. The van der Waals surface area contributed by atoms with E-state index in [-0.39, 0.29) is 11.8 Å². The van der Waals surface area contributed by atoms with Crippen LogP contribution < -0.4 is 0 Å². The van der Waals surface area contributed by atoms with Gasteiger partial charge in [0.25, 0.3) is 0 Å². The Kier molecular flexibility index (Phi) is 2.89. The van der Waals surface area contributed by atoms with E-state index in [4.69, 9.17) is 4.42 Å². The van der Waals surface area contributed by atoms with Gasteiger partial charge in [-0.2, -0.15) is 0 Å². The van der Waals surface area contributed by atoms with Crippen molar-refractivity contribution in [2.24, 2.45) is 5.92 Å². The van der Waals surface area contributed by atoms with Gasteiger partial charge in [0.1, 0.15) is 12.1 Å². The van der Waals surface area contributed by atoms with Crippen LogP contribution in [0.5, 0.6) is 0 Å². The second-order valence-corrected chi connectivity index (χ2v) is 6.82. The van der Waals surface area contributed by atoms with Gasteiger partial charge in [-0.3, -0.25) is 14.2 Å². The molecule has 0 spiro atoms. The number of carbonyl (C=O) groups is 2. The maximum atomic E-state index is 11.5. The summed E-state index contributed by atoms with van der Waals surface area (Å²) < 4.78 is 7.27. The van der Waals surface area contributed by atoms with Crippen LogP contribution in [0, 0.1) is 5.92 Å². The SMILES string of the molecule is CC1C2=CCC3=C2C(=CC1c1ccc(C=O)o1)c1c(ncn1C=O)C3. The van der Waals surface area contributed by atoms with Crippen LogP contribution >= 0.6 is 0 Å². The molecular formula is C20H16N2O3. The number of allylic oxidation sites excluding steroid dienone is 6. The van der Waals surface area contributed by atoms with Crippen molar-refractivity contribution in [2.45, 2.75) is 25.7 Å². The van der Waals surface area contributed by atoms with Crippen LogP contribution in [0.2, 0.25) is 0 Å². The van der Waals surface area contributed by atoms with Gasteiger partial charge in [0.05, 0.1) is 11.4 Å². The zero-order valence-corrected chi connectivity index (χ0v) is 13.7. The summed E-state index contributed by atoms with van der Waals surface area (Å²) in [4.78, 5) is 26.9. The Morgan fingerprint density at radius 1 is 1.32 bits per heavy atom. The fourth-order valence-electron chi connectivity index (χ4n) is 4.40. The maximum Gasteiger partial charge on any atom is 0.219 e. The molecule has 2 aromatic rings. The number of hydrogen-bond donors (Lipinski definition) is 0. The third-order valence-electron chi connectivity index (χ3n) is 5.57. The van der Waals surface area contributed by atoms with E-state index in [0.717, 1.165) is 48.3 Å². The summed E-state index contributed by atoms with van der Waals surface area (Å²) in [5, 5.41) is 0. The van der Waals surface area contributed by atoms with Crippen molar-refractivity contribution in [3.8, 4) is 0 Å². The number of fused-ring (bicyclic) bond motifs is 2. The molecule has 0 saturated carbocycles. The molecule has 2 atom stereocenters. The van der Waals surface area contributed by atoms with Crippen LogP contribution in [-0.4, -0.2) is 22.2 Å². The highest BCUT2D eigenvalue weighted by Crippen LogP contribution is 2.53. The van der Waals surface area contributed by atoms with Crippen LogP contribution in [0.25, 0.3) is 5.57 Å². The summed E-state index contributed by atoms with van der Waals surface area (Å²) in [6.07, 6.45) is 9.32. The van der Waals surface area contributed by atoms with Gasteiger partial charge in [-0.25, -0.2) is 4.98 Å². The average molecular weight is 332 g/mol. The van der Waals surface area contributed by atoms with Gasteiger partial charge >= 0.3 is 0 Å².